The zero-order valence-electron chi connectivity index (χ0n) is 10.7. The van der Waals surface area contributed by atoms with Crippen molar-refractivity contribution in [1.29, 1.82) is 0 Å². The maximum Gasteiger partial charge on any atom is 0.0247 e. The summed E-state index contributed by atoms with van der Waals surface area (Å²) in [6.45, 7) is 3.01. The van der Waals surface area contributed by atoms with Crippen molar-refractivity contribution in [2.45, 2.75) is 44.8 Å². The molecule has 2 aliphatic carbocycles. The van der Waals surface area contributed by atoms with E-state index in [2.05, 4.69) is 39.0 Å². The molecule has 0 heterocycles. The highest BCUT2D eigenvalue weighted by Gasteiger charge is 2.33. The van der Waals surface area contributed by atoms with E-state index in [0.717, 1.165) is 18.5 Å². The third-order valence-electron chi connectivity index (χ3n) is 3.98. The first-order valence-electron chi connectivity index (χ1n) is 6.97. The molecule has 0 radical (unpaired) electrons. The van der Waals surface area contributed by atoms with Gasteiger partial charge in [0.15, 0.2) is 0 Å². The minimum atomic E-state index is 0.618. The van der Waals surface area contributed by atoms with E-state index in [1.807, 2.05) is 0 Å². The number of hydrogen-bond acceptors (Lipinski definition) is 2. The van der Waals surface area contributed by atoms with Crippen molar-refractivity contribution in [2.24, 2.45) is 11.7 Å². The molecular weight excluding hydrogens is 288 g/mol. The summed E-state index contributed by atoms with van der Waals surface area (Å²) in [6, 6.07) is 7.40. The molecule has 2 aliphatic rings. The standard InChI is InChI=1S/C15H21BrN2/c16-15-7-12(8-17)3-4-13(15)10-18(14-5-6-14)9-11-1-2-11/h3-4,7,11,14H,1-2,5-6,8-10,17H2. The van der Waals surface area contributed by atoms with Crippen molar-refractivity contribution in [3.05, 3.63) is 33.8 Å². The molecule has 0 amide bonds. The van der Waals surface area contributed by atoms with Gasteiger partial charge in [-0.2, -0.15) is 0 Å². The van der Waals surface area contributed by atoms with Crippen molar-refractivity contribution in [1.82, 2.24) is 4.90 Å². The Hall–Kier alpha value is -0.380. The number of rotatable bonds is 6. The minimum Gasteiger partial charge on any atom is -0.326 e. The predicted molar refractivity (Wildman–Crippen MR) is 78.2 cm³/mol. The van der Waals surface area contributed by atoms with Crippen LogP contribution in [0.15, 0.2) is 22.7 Å². The van der Waals surface area contributed by atoms with Crippen molar-refractivity contribution >= 4 is 15.9 Å². The van der Waals surface area contributed by atoms with Gasteiger partial charge in [-0.05, 0) is 48.8 Å². The summed E-state index contributed by atoms with van der Waals surface area (Å²) >= 11 is 3.69. The van der Waals surface area contributed by atoms with E-state index >= 15 is 0 Å². The Morgan fingerprint density at radius 1 is 1.22 bits per heavy atom. The summed E-state index contributed by atoms with van der Waals surface area (Å²) in [5.74, 6) is 0.979. The molecule has 1 aromatic rings. The average Bonchev–Trinajstić information content (AvgIpc) is 3.23. The van der Waals surface area contributed by atoms with Gasteiger partial charge in [-0.15, -0.1) is 0 Å². The maximum atomic E-state index is 5.67. The van der Waals surface area contributed by atoms with E-state index in [1.54, 1.807) is 0 Å². The minimum absolute atomic E-state index is 0.618. The first-order chi connectivity index (χ1) is 8.76. The molecule has 0 atom stereocenters. The van der Waals surface area contributed by atoms with Crippen LogP contribution in [0, 0.1) is 5.92 Å². The second kappa shape index (κ2) is 5.32. The Bertz CT molecular complexity index is 425. The summed E-state index contributed by atoms with van der Waals surface area (Å²) < 4.78 is 1.21. The molecule has 2 nitrogen and oxygen atoms in total. The number of nitrogens with two attached hydrogens (primary N) is 1. The summed E-state index contributed by atoms with van der Waals surface area (Å²) in [5.41, 5.74) is 8.27. The van der Waals surface area contributed by atoms with Gasteiger partial charge in [0.05, 0.1) is 0 Å². The lowest BCUT2D eigenvalue weighted by molar-refractivity contribution is 0.243. The van der Waals surface area contributed by atoms with Gasteiger partial charge in [-0.25, -0.2) is 0 Å². The van der Waals surface area contributed by atoms with Crippen molar-refractivity contribution in [3.8, 4) is 0 Å². The fourth-order valence-corrected chi connectivity index (χ4v) is 3.03. The summed E-state index contributed by atoms with van der Waals surface area (Å²) in [7, 11) is 0. The molecule has 0 aliphatic heterocycles. The Kier molecular flexibility index (Phi) is 3.73. The molecule has 3 heteroatoms. The lowest BCUT2D eigenvalue weighted by Gasteiger charge is -2.22. The molecule has 2 N–H and O–H groups in total. The smallest absolute Gasteiger partial charge is 0.0247 e. The van der Waals surface area contributed by atoms with E-state index in [0.29, 0.717) is 6.54 Å². The number of nitrogens with zero attached hydrogens (tertiary/aromatic N) is 1. The van der Waals surface area contributed by atoms with E-state index < -0.39 is 0 Å². The first-order valence-corrected chi connectivity index (χ1v) is 7.77. The molecule has 0 aromatic heterocycles. The third-order valence-corrected chi connectivity index (χ3v) is 4.72. The molecule has 18 heavy (non-hydrogen) atoms. The first kappa shape index (κ1) is 12.6. The molecule has 1 aromatic carbocycles. The highest BCUT2D eigenvalue weighted by atomic mass is 79.9. The highest BCUT2D eigenvalue weighted by molar-refractivity contribution is 9.10. The SMILES string of the molecule is NCc1ccc(CN(CC2CC2)C2CC2)c(Br)c1. The Morgan fingerprint density at radius 3 is 2.56 bits per heavy atom. The lowest BCUT2D eigenvalue weighted by atomic mass is 10.1. The van der Waals surface area contributed by atoms with Crippen LogP contribution in [-0.4, -0.2) is 17.5 Å². The molecule has 0 unspecified atom stereocenters. The third kappa shape index (κ3) is 3.14. The second-order valence-corrected chi connectivity index (χ2v) is 6.59. The molecule has 98 valence electrons. The zero-order valence-corrected chi connectivity index (χ0v) is 12.3. The van der Waals surface area contributed by atoms with Crippen molar-refractivity contribution in [2.75, 3.05) is 6.54 Å². The van der Waals surface area contributed by atoms with Crippen LogP contribution in [0.3, 0.4) is 0 Å². The summed E-state index contributed by atoms with van der Waals surface area (Å²) in [5, 5.41) is 0. The van der Waals surface area contributed by atoms with Gasteiger partial charge in [-0.3, -0.25) is 4.90 Å². The maximum absolute atomic E-state index is 5.67. The monoisotopic (exact) mass is 308 g/mol. The summed E-state index contributed by atoms with van der Waals surface area (Å²) in [4.78, 5) is 2.68. The van der Waals surface area contributed by atoms with Crippen LogP contribution in [0.1, 0.15) is 36.8 Å². The largest absolute Gasteiger partial charge is 0.326 e. The van der Waals surface area contributed by atoms with Gasteiger partial charge in [0.1, 0.15) is 0 Å². The summed E-state index contributed by atoms with van der Waals surface area (Å²) in [6.07, 6.45) is 5.67. The van der Waals surface area contributed by atoms with Gasteiger partial charge in [0.2, 0.25) is 0 Å². The predicted octanol–water partition coefficient (Wildman–Crippen LogP) is 3.28. The Labute approximate surface area is 118 Å². The van der Waals surface area contributed by atoms with Gasteiger partial charge in [0.25, 0.3) is 0 Å². The number of benzene rings is 1. The average molecular weight is 309 g/mol. The highest BCUT2D eigenvalue weighted by Crippen LogP contribution is 2.36. The molecule has 2 fully saturated rings. The molecule has 0 spiro atoms. The topological polar surface area (TPSA) is 29.3 Å². The van der Waals surface area contributed by atoms with Gasteiger partial charge >= 0.3 is 0 Å². The lowest BCUT2D eigenvalue weighted by Crippen LogP contribution is -2.28. The van der Waals surface area contributed by atoms with Crippen LogP contribution in [0.25, 0.3) is 0 Å². The van der Waals surface area contributed by atoms with Gasteiger partial charge in [0, 0.05) is 30.1 Å². The van der Waals surface area contributed by atoms with Crippen LogP contribution in [0.5, 0.6) is 0 Å². The molecule has 2 saturated carbocycles. The number of hydrogen-bond donors (Lipinski definition) is 1. The van der Waals surface area contributed by atoms with Crippen LogP contribution >= 0.6 is 15.9 Å². The fourth-order valence-electron chi connectivity index (χ4n) is 2.48. The number of halogens is 1. The fraction of sp³-hybridized carbons (Fsp3) is 0.600. The quantitative estimate of drug-likeness (QED) is 0.874. The van der Waals surface area contributed by atoms with Crippen molar-refractivity contribution < 1.29 is 0 Å². The van der Waals surface area contributed by atoms with Crippen LogP contribution in [0.2, 0.25) is 0 Å². The van der Waals surface area contributed by atoms with E-state index in [1.165, 1.54) is 47.8 Å². The normalized spacial score (nSPS) is 19.5. The molecule has 0 saturated heterocycles. The Balaban J connectivity index is 1.68. The zero-order chi connectivity index (χ0) is 12.5. The van der Waals surface area contributed by atoms with Crippen LogP contribution < -0.4 is 5.73 Å². The van der Waals surface area contributed by atoms with Crippen LogP contribution in [0.4, 0.5) is 0 Å². The van der Waals surface area contributed by atoms with Gasteiger partial charge in [-0.1, -0.05) is 28.1 Å². The van der Waals surface area contributed by atoms with E-state index in [4.69, 9.17) is 5.73 Å². The van der Waals surface area contributed by atoms with E-state index in [9.17, 15) is 0 Å². The van der Waals surface area contributed by atoms with Crippen LogP contribution in [-0.2, 0) is 13.1 Å². The van der Waals surface area contributed by atoms with Crippen molar-refractivity contribution in [3.63, 3.8) is 0 Å². The Morgan fingerprint density at radius 2 is 2.00 bits per heavy atom. The van der Waals surface area contributed by atoms with E-state index in [-0.39, 0.29) is 0 Å². The second-order valence-electron chi connectivity index (χ2n) is 5.73. The molecular formula is C15H21BrN2. The molecule has 0 bridgehead atoms. The molecule has 3 rings (SSSR count). The van der Waals surface area contributed by atoms with Gasteiger partial charge < -0.3 is 5.73 Å².